The van der Waals surface area contributed by atoms with Crippen LogP contribution in [-0.2, 0) is 21.4 Å². The van der Waals surface area contributed by atoms with Gasteiger partial charge in [0.25, 0.3) is 5.56 Å². The monoisotopic (exact) mass is 420 g/mol. The number of hydrogen-bond donors (Lipinski definition) is 1. The number of anilines is 1. The lowest BCUT2D eigenvalue weighted by Crippen LogP contribution is -2.45. The number of H-pyrrole nitrogens is 1. The molecule has 1 amide bonds. The molecule has 5 rings (SSSR count). The van der Waals surface area contributed by atoms with Crippen molar-refractivity contribution in [2.75, 3.05) is 44.3 Å². The van der Waals surface area contributed by atoms with E-state index in [1.54, 1.807) is 6.08 Å². The van der Waals surface area contributed by atoms with Gasteiger partial charge in [0.1, 0.15) is 0 Å². The summed E-state index contributed by atoms with van der Waals surface area (Å²) in [4.78, 5) is 37.4. The van der Waals surface area contributed by atoms with Gasteiger partial charge in [-0.15, -0.1) is 0 Å². The van der Waals surface area contributed by atoms with Crippen LogP contribution >= 0.6 is 0 Å². The second-order valence-electron chi connectivity index (χ2n) is 8.67. The highest BCUT2D eigenvalue weighted by molar-refractivity contribution is 5.91. The third-order valence-electron chi connectivity index (χ3n) is 6.92. The molecule has 2 fully saturated rings. The number of morpholine rings is 1. The Labute approximate surface area is 181 Å². The Hall–Kier alpha value is -2.93. The van der Waals surface area contributed by atoms with Crippen molar-refractivity contribution in [1.29, 1.82) is 0 Å². The Morgan fingerprint density at radius 3 is 2.55 bits per heavy atom. The largest absolute Gasteiger partial charge is 0.378 e. The molecule has 0 atom stereocenters. The molecule has 3 heterocycles. The van der Waals surface area contributed by atoms with Gasteiger partial charge in [0.15, 0.2) is 0 Å². The molecule has 2 aromatic rings. The average molecular weight is 421 g/mol. The van der Waals surface area contributed by atoms with E-state index in [1.807, 2.05) is 41.3 Å². The SMILES string of the molecule is O=C(/C=C/c1ccccc1)N1CCC2(CCc3c2nc(N2CCOCC2)[nH]c3=O)CC1. The number of rotatable bonds is 3. The summed E-state index contributed by atoms with van der Waals surface area (Å²) in [7, 11) is 0. The smallest absolute Gasteiger partial charge is 0.255 e. The number of aromatic nitrogens is 2. The molecule has 1 aromatic carbocycles. The summed E-state index contributed by atoms with van der Waals surface area (Å²) < 4.78 is 5.43. The van der Waals surface area contributed by atoms with Crippen LogP contribution in [-0.4, -0.2) is 60.2 Å². The fraction of sp³-hybridized carbons (Fsp3) is 0.458. The third kappa shape index (κ3) is 3.90. The lowest BCUT2D eigenvalue weighted by Gasteiger charge is -2.39. The fourth-order valence-electron chi connectivity index (χ4n) is 5.04. The zero-order valence-corrected chi connectivity index (χ0v) is 17.7. The van der Waals surface area contributed by atoms with Crippen LogP contribution in [0.15, 0.2) is 41.2 Å². The van der Waals surface area contributed by atoms with E-state index < -0.39 is 0 Å². The molecule has 1 spiro atoms. The minimum Gasteiger partial charge on any atom is -0.378 e. The van der Waals surface area contributed by atoms with E-state index in [9.17, 15) is 9.59 Å². The van der Waals surface area contributed by atoms with E-state index in [0.717, 1.165) is 55.6 Å². The van der Waals surface area contributed by atoms with Crippen LogP contribution in [0.25, 0.3) is 6.08 Å². The van der Waals surface area contributed by atoms with Crippen LogP contribution in [0.3, 0.4) is 0 Å². The van der Waals surface area contributed by atoms with Gasteiger partial charge in [-0.2, -0.15) is 0 Å². The maximum atomic E-state index is 12.8. The molecule has 1 aromatic heterocycles. The molecule has 7 nitrogen and oxygen atoms in total. The number of amides is 1. The first-order chi connectivity index (χ1) is 15.1. The molecule has 31 heavy (non-hydrogen) atoms. The van der Waals surface area contributed by atoms with Crippen molar-refractivity contribution in [3.8, 4) is 0 Å². The van der Waals surface area contributed by atoms with Gasteiger partial charge in [-0.1, -0.05) is 30.3 Å². The standard InChI is InChI=1S/C24H28N4O3/c29-20(7-6-18-4-2-1-3-5-18)27-12-10-24(11-13-27)9-8-19-21(24)25-23(26-22(19)30)28-14-16-31-17-15-28/h1-7H,8-17H2,(H,25,26,30)/b7-6+. The molecule has 2 saturated heterocycles. The number of carbonyl (C=O) groups excluding carboxylic acids is 1. The van der Waals surface area contributed by atoms with Crippen molar-refractivity contribution >= 4 is 17.9 Å². The van der Waals surface area contributed by atoms with Gasteiger partial charge in [-0.05, 0) is 37.3 Å². The number of piperidine rings is 1. The van der Waals surface area contributed by atoms with Crippen LogP contribution in [0, 0.1) is 0 Å². The van der Waals surface area contributed by atoms with Crippen molar-refractivity contribution in [3.63, 3.8) is 0 Å². The van der Waals surface area contributed by atoms with Crippen LogP contribution in [0.4, 0.5) is 5.95 Å². The quantitative estimate of drug-likeness (QED) is 0.770. The Kier molecular flexibility index (Phi) is 5.36. The van der Waals surface area contributed by atoms with Crippen molar-refractivity contribution in [2.45, 2.75) is 31.1 Å². The number of aromatic amines is 1. The van der Waals surface area contributed by atoms with Gasteiger partial charge in [0, 0.05) is 43.2 Å². The molecule has 7 heteroatoms. The molecule has 1 N–H and O–H groups in total. The van der Waals surface area contributed by atoms with Gasteiger partial charge in [0.2, 0.25) is 11.9 Å². The second-order valence-corrected chi connectivity index (χ2v) is 8.67. The van der Waals surface area contributed by atoms with Gasteiger partial charge in [-0.25, -0.2) is 4.98 Å². The number of nitrogens with zero attached hydrogens (tertiary/aromatic N) is 3. The number of fused-ring (bicyclic) bond motifs is 2. The zero-order chi connectivity index (χ0) is 21.3. The number of nitrogens with one attached hydrogen (secondary N) is 1. The minimum absolute atomic E-state index is 0.00679. The van der Waals surface area contributed by atoms with E-state index in [-0.39, 0.29) is 16.9 Å². The first kappa shape index (κ1) is 20.0. The molecule has 0 saturated carbocycles. The number of carbonyl (C=O) groups is 1. The molecular weight excluding hydrogens is 392 g/mol. The fourth-order valence-corrected chi connectivity index (χ4v) is 5.04. The molecular formula is C24H28N4O3. The lowest BCUT2D eigenvalue weighted by molar-refractivity contribution is -0.127. The van der Waals surface area contributed by atoms with Gasteiger partial charge < -0.3 is 14.5 Å². The Balaban J connectivity index is 1.31. The van der Waals surface area contributed by atoms with Crippen molar-refractivity contribution in [3.05, 3.63) is 63.6 Å². The molecule has 0 radical (unpaired) electrons. The Morgan fingerprint density at radius 1 is 1.06 bits per heavy atom. The van der Waals surface area contributed by atoms with Gasteiger partial charge in [-0.3, -0.25) is 14.6 Å². The number of benzene rings is 1. The maximum absolute atomic E-state index is 12.8. The Morgan fingerprint density at radius 2 is 1.81 bits per heavy atom. The highest BCUT2D eigenvalue weighted by Gasteiger charge is 2.44. The first-order valence-corrected chi connectivity index (χ1v) is 11.1. The van der Waals surface area contributed by atoms with E-state index in [1.165, 1.54) is 0 Å². The normalized spacial score (nSPS) is 20.4. The predicted octanol–water partition coefficient (Wildman–Crippen LogP) is 2.13. The minimum atomic E-state index is -0.0927. The lowest BCUT2D eigenvalue weighted by atomic mass is 9.76. The summed E-state index contributed by atoms with van der Waals surface area (Å²) in [5.41, 5.74) is 2.72. The average Bonchev–Trinajstić information content (AvgIpc) is 3.17. The number of hydrogen-bond acceptors (Lipinski definition) is 5. The highest BCUT2D eigenvalue weighted by atomic mass is 16.5. The zero-order valence-electron chi connectivity index (χ0n) is 17.7. The summed E-state index contributed by atoms with van der Waals surface area (Å²) in [6, 6.07) is 9.87. The Bertz CT molecular complexity index is 1030. The summed E-state index contributed by atoms with van der Waals surface area (Å²) in [6.45, 7) is 4.17. The molecule has 162 valence electrons. The molecule has 2 aliphatic heterocycles. The third-order valence-corrected chi connectivity index (χ3v) is 6.92. The van der Waals surface area contributed by atoms with E-state index in [2.05, 4.69) is 9.88 Å². The van der Waals surface area contributed by atoms with Gasteiger partial charge >= 0.3 is 0 Å². The summed E-state index contributed by atoms with van der Waals surface area (Å²) in [5, 5.41) is 0. The summed E-state index contributed by atoms with van der Waals surface area (Å²) in [6.07, 6.45) is 6.94. The number of likely N-dealkylation sites (tertiary alicyclic amines) is 1. The van der Waals surface area contributed by atoms with Crippen molar-refractivity contribution in [2.24, 2.45) is 0 Å². The predicted molar refractivity (Wildman–Crippen MR) is 119 cm³/mol. The number of ether oxygens (including phenoxy) is 1. The van der Waals surface area contributed by atoms with Crippen LogP contribution in [0.2, 0.25) is 0 Å². The molecule has 1 aliphatic carbocycles. The first-order valence-electron chi connectivity index (χ1n) is 11.1. The van der Waals surface area contributed by atoms with Crippen molar-refractivity contribution < 1.29 is 9.53 Å². The van der Waals surface area contributed by atoms with Crippen molar-refractivity contribution in [1.82, 2.24) is 14.9 Å². The van der Waals surface area contributed by atoms with E-state index in [4.69, 9.17) is 9.72 Å². The van der Waals surface area contributed by atoms with Crippen LogP contribution in [0.1, 0.15) is 36.1 Å². The van der Waals surface area contributed by atoms with Crippen LogP contribution < -0.4 is 10.5 Å². The van der Waals surface area contributed by atoms with E-state index >= 15 is 0 Å². The maximum Gasteiger partial charge on any atom is 0.255 e. The molecule has 3 aliphatic rings. The highest BCUT2D eigenvalue weighted by Crippen LogP contribution is 2.44. The topological polar surface area (TPSA) is 78.5 Å². The molecule has 0 bridgehead atoms. The second kappa shape index (κ2) is 8.30. The van der Waals surface area contributed by atoms with Gasteiger partial charge in [0.05, 0.1) is 18.9 Å². The summed E-state index contributed by atoms with van der Waals surface area (Å²) >= 11 is 0. The molecule has 0 unspecified atom stereocenters. The van der Waals surface area contributed by atoms with E-state index in [0.29, 0.717) is 32.3 Å². The summed E-state index contributed by atoms with van der Waals surface area (Å²) in [5.74, 6) is 0.711. The van der Waals surface area contributed by atoms with Crippen LogP contribution in [0.5, 0.6) is 0 Å².